The molecule has 1 fully saturated rings. The minimum atomic E-state index is -0.215. The zero-order chi connectivity index (χ0) is 25.1. The molecule has 1 N–H and O–H groups in total. The molecule has 4 nitrogen and oxygen atoms in total. The second-order valence-corrected chi connectivity index (χ2v) is 11.1. The summed E-state index contributed by atoms with van der Waals surface area (Å²) in [5, 5.41) is 9.29. The lowest BCUT2D eigenvalue weighted by Gasteiger charge is -2.35. The van der Waals surface area contributed by atoms with Gasteiger partial charge in [-0.2, -0.15) is 0 Å². The number of aliphatic hydroxyl groups excluding tert-OH is 1. The first-order valence-corrected chi connectivity index (χ1v) is 13.3. The average Bonchev–Trinajstić information content (AvgIpc) is 3.35. The predicted molar refractivity (Wildman–Crippen MR) is 143 cm³/mol. The van der Waals surface area contributed by atoms with Crippen molar-refractivity contribution >= 4 is 0 Å². The third-order valence-corrected chi connectivity index (χ3v) is 7.30. The van der Waals surface area contributed by atoms with Crippen LogP contribution in [-0.4, -0.2) is 36.1 Å². The molecule has 0 radical (unpaired) electrons. The molecule has 4 heteroatoms. The Balaban J connectivity index is 1.39. The molecule has 4 atom stereocenters. The molecule has 0 aromatic heterocycles. The summed E-state index contributed by atoms with van der Waals surface area (Å²) in [5.74, 6) is 2.50. The average molecular weight is 487 g/mol. The van der Waals surface area contributed by atoms with Gasteiger partial charge in [0.1, 0.15) is 23.7 Å². The molecule has 1 aliphatic heterocycles. The summed E-state index contributed by atoms with van der Waals surface area (Å²) in [7, 11) is 0. The van der Waals surface area contributed by atoms with E-state index in [1.54, 1.807) is 0 Å². The van der Waals surface area contributed by atoms with Crippen molar-refractivity contribution in [2.75, 3.05) is 13.2 Å². The zero-order valence-corrected chi connectivity index (χ0v) is 21.7. The highest BCUT2D eigenvalue weighted by Gasteiger charge is 2.32. The second kappa shape index (κ2) is 10.7. The van der Waals surface area contributed by atoms with E-state index >= 15 is 0 Å². The fraction of sp³-hybridized carbons (Fsp3) is 0.438. The Morgan fingerprint density at radius 3 is 2.25 bits per heavy atom. The summed E-state index contributed by atoms with van der Waals surface area (Å²) in [4.78, 5) is 0. The van der Waals surface area contributed by atoms with Crippen LogP contribution in [0.2, 0.25) is 0 Å². The van der Waals surface area contributed by atoms with Gasteiger partial charge in [-0.15, -0.1) is 0 Å². The molecule has 1 heterocycles. The van der Waals surface area contributed by atoms with Gasteiger partial charge in [-0.25, -0.2) is 0 Å². The number of aryl methyl sites for hydroxylation is 1. The van der Waals surface area contributed by atoms with Gasteiger partial charge in [-0.3, -0.25) is 0 Å². The van der Waals surface area contributed by atoms with Crippen molar-refractivity contribution in [2.45, 2.75) is 76.1 Å². The van der Waals surface area contributed by atoms with Crippen LogP contribution >= 0.6 is 0 Å². The van der Waals surface area contributed by atoms with Gasteiger partial charge >= 0.3 is 0 Å². The van der Waals surface area contributed by atoms with Crippen LogP contribution in [0.3, 0.4) is 0 Å². The first-order valence-electron chi connectivity index (χ1n) is 13.3. The maximum atomic E-state index is 9.29. The molecular formula is C32H38O4. The van der Waals surface area contributed by atoms with Gasteiger partial charge in [0.05, 0.1) is 18.8 Å². The molecule has 0 spiro atoms. The van der Waals surface area contributed by atoms with Crippen LogP contribution in [0.1, 0.15) is 74.1 Å². The lowest BCUT2D eigenvalue weighted by molar-refractivity contribution is -0.00722. The van der Waals surface area contributed by atoms with E-state index in [4.69, 9.17) is 14.2 Å². The molecule has 5 rings (SSSR count). The largest absolute Gasteiger partial charge is 0.491 e. The molecule has 2 aliphatic rings. The van der Waals surface area contributed by atoms with E-state index in [-0.39, 0.29) is 30.3 Å². The minimum Gasteiger partial charge on any atom is -0.491 e. The highest BCUT2D eigenvalue weighted by Crippen LogP contribution is 2.47. The van der Waals surface area contributed by atoms with E-state index < -0.39 is 0 Å². The Morgan fingerprint density at radius 2 is 1.56 bits per heavy atom. The monoisotopic (exact) mass is 486 g/mol. The summed E-state index contributed by atoms with van der Waals surface area (Å²) in [6.45, 7) is 6.88. The van der Waals surface area contributed by atoms with Crippen molar-refractivity contribution in [3.63, 3.8) is 0 Å². The second-order valence-electron chi connectivity index (χ2n) is 11.1. The van der Waals surface area contributed by atoms with Gasteiger partial charge in [-0.1, -0.05) is 48.5 Å². The summed E-state index contributed by atoms with van der Waals surface area (Å²) in [5.41, 5.74) is 5.25. The quantitative estimate of drug-likeness (QED) is 0.406. The smallest absolute Gasteiger partial charge is 0.120 e. The lowest BCUT2D eigenvalue weighted by atomic mass is 9.69. The summed E-state index contributed by atoms with van der Waals surface area (Å²) in [6.07, 6.45) is 3.99. The number of ether oxygens (including phenoxy) is 3. The standard InChI is InChI=1S/C32H38O4/c1-32(2,3)36-26-16-18-30-24(19-26)11-17-29(22-7-5-4-6-8-22)31(30)23-9-12-25(13-10-23)34-21-28-15-14-27(20-33)35-28/h4-10,12-13,16,18-19,27-29,31,33H,11,14-15,17,20-21H2,1-3H3/t27-,28+,29-,31+/m1/s1. The topological polar surface area (TPSA) is 47.9 Å². The van der Waals surface area contributed by atoms with Crippen molar-refractivity contribution in [2.24, 2.45) is 0 Å². The Kier molecular flexibility index (Phi) is 7.36. The third kappa shape index (κ3) is 5.77. The fourth-order valence-electron chi connectivity index (χ4n) is 5.68. The highest BCUT2D eigenvalue weighted by atomic mass is 16.5. The van der Waals surface area contributed by atoms with Crippen LogP contribution < -0.4 is 9.47 Å². The first kappa shape index (κ1) is 24.9. The summed E-state index contributed by atoms with van der Waals surface area (Å²) in [6, 6.07) is 26.2. The fourth-order valence-corrected chi connectivity index (χ4v) is 5.68. The van der Waals surface area contributed by atoms with E-state index in [1.165, 1.54) is 22.3 Å². The van der Waals surface area contributed by atoms with Gasteiger partial charge in [-0.05, 0) is 98.9 Å². The predicted octanol–water partition coefficient (Wildman–Crippen LogP) is 6.64. The number of aliphatic hydroxyl groups is 1. The lowest BCUT2D eigenvalue weighted by Crippen LogP contribution is -2.24. The molecule has 3 aromatic rings. The van der Waals surface area contributed by atoms with Gasteiger partial charge in [0.2, 0.25) is 0 Å². The molecule has 1 aliphatic carbocycles. The zero-order valence-electron chi connectivity index (χ0n) is 21.7. The number of rotatable bonds is 7. The van der Waals surface area contributed by atoms with Crippen LogP contribution in [0, 0.1) is 0 Å². The molecule has 36 heavy (non-hydrogen) atoms. The van der Waals surface area contributed by atoms with E-state index in [1.807, 2.05) is 0 Å². The molecule has 0 amide bonds. The minimum absolute atomic E-state index is 0.0448. The van der Waals surface area contributed by atoms with Crippen LogP contribution in [-0.2, 0) is 11.2 Å². The molecule has 1 saturated heterocycles. The van der Waals surface area contributed by atoms with Crippen LogP contribution in [0.4, 0.5) is 0 Å². The SMILES string of the molecule is CC(C)(C)Oc1ccc2c(c1)CC[C@H](c1ccccc1)[C@@H]2c1ccc(OC[C@@H]2CC[C@H](CO)O2)cc1. The molecule has 0 unspecified atom stereocenters. The van der Waals surface area contributed by atoms with Crippen LogP contribution in [0.25, 0.3) is 0 Å². The summed E-state index contributed by atoms with van der Waals surface area (Å²) < 4.78 is 18.0. The van der Waals surface area contributed by atoms with E-state index in [9.17, 15) is 5.11 Å². The Morgan fingerprint density at radius 1 is 0.833 bits per heavy atom. The summed E-state index contributed by atoms with van der Waals surface area (Å²) >= 11 is 0. The highest BCUT2D eigenvalue weighted by molar-refractivity contribution is 5.48. The van der Waals surface area contributed by atoms with Crippen LogP contribution in [0.15, 0.2) is 72.8 Å². The van der Waals surface area contributed by atoms with Crippen molar-refractivity contribution in [1.82, 2.24) is 0 Å². The van der Waals surface area contributed by atoms with Gasteiger partial charge in [0, 0.05) is 5.92 Å². The van der Waals surface area contributed by atoms with Gasteiger partial charge in [0.25, 0.3) is 0 Å². The van der Waals surface area contributed by atoms with Crippen molar-refractivity contribution in [3.05, 3.63) is 95.1 Å². The molecule has 0 bridgehead atoms. The van der Waals surface area contributed by atoms with Crippen molar-refractivity contribution in [3.8, 4) is 11.5 Å². The van der Waals surface area contributed by atoms with E-state index in [0.717, 1.165) is 37.2 Å². The van der Waals surface area contributed by atoms with Gasteiger partial charge in [0.15, 0.2) is 0 Å². The Labute approximate surface area is 215 Å². The number of hydrogen-bond acceptors (Lipinski definition) is 4. The molecule has 3 aromatic carbocycles. The first-order chi connectivity index (χ1) is 17.4. The Bertz CT molecular complexity index is 1130. The number of hydrogen-bond donors (Lipinski definition) is 1. The third-order valence-electron chi connectivity index (χ3n) is 7.30. The normalized spacial score (nSPS) is 23.8. The van der Waals surface area contributed by atoms with Crippen molar-refractivity contribution in [1.29, 1.82) is 0 Å². The maximum absolute atomic E-state index is 9.29. The van der Waals surface area contributed by atoms with Gasteiger partial charge < -0.3 is 19.3 Å². The van der Waals surface area contributed by atoms with Crippen LogP contribution in [0.5, 0.6) is 11.5 Å². The number of benzene rings is 3. The molecule has 190 valence electrons. The maximum Gasteiger partial charge on any atom is 0.120 e. The van der Waals surface area contributed by atoms with E-state index in [0.29, 0.717) is 12.5 Å². The van der Waals surface area contributed by atoms with Crippen molar-refractivity contribution < 1.29 is 19.3 Å². The van der Waals surface area contributed by atoms with E-state index in [2.05, 4.69) is 93.6 Å². The molecule has 0 saturated carbocycles. The number of fused-ring (bicyclic) bond motifs is 1. The molecular weight excluding hydrogens is 448 g/mol. The Hall–Kier alpha value is -2.82.